The number of fused-ring (bicyclic) bond motifs is 1. The molecule has 9 heteroatoms. The van der Waals surface area contributed by atoms with Gasteiger partial charge in [-0.05, 0) is 72.7 Å². The van der Waals surface area contributed by atoms with E-state index >= 15 is 0 Å². The SMILES string of the molecule is CCOC(=O)C1=C(C)N=c2s/c(=C\c3cc(I)c(OC)c(OC)c3)c(=O)n2C1c1ccc(C)cc1. The summed E-state index contributed by atoms with van der Waals surface area (Å²) in [5.41, 5.74) is 3.39. The zero-order valence-electron chi connectivity index (χ0n) is 20.0. The largest absolute Gasteiger partial charge is 0.493 e. The molecule has 1 atom stereocenters. The van der Waals surface area contributed by atoms with Crippen LogP contribution in [0.4, 0.5) is 0 Å². The Hall–Kier alpha value is -2.92. The average molecular weight is 604 g/mol. The van der Waals surface area contributed by atoms with Crippen molar-refractivity contribution in [2.24, 2.45) is 4.99 Å². The quantitative estimate of drug-likeness (QED) is 0.317. The first-order valence-corrected chi connectivity index (χ1v) is 12.9. The maximum absolute atomic E-state index is 13.7. The van der Waals surface area contributed by atoms with Crippen LogP contribution in [0.3, 0.4) is 0 Å². The lowest BCUT2D eigenvalue weighted by molar-refractivity contribution is -0.139. The van der Waals surface area contributed by atoms with E-state index < -0.39 is 12.0 Å². The molecule has 7 nitrogen and oxygen atoms in total. The summed E-state index contributed by atoms with van der Waals surface area (Å²) >= 11 is 3.46. The van der Waals surface area contributed by atoms with Gasteiger partial charge in [-0.15, -0.1) is 0 Å². The number of hydrogen-bond acceptors (Lipinski definition) is 7. The van der Waals surface area contributed by atoms with Crippen LogP contribution < -0.4 is 24.4 Å². The fourth-order valence-corrected chi connectivity index (χ4v) is 5.92. The third-order valence-electron chi connectivity index (χ3n) is 5.66. The molecule has 3 aromatic rings. The van der Waals surface area contributed by atoms with Crippen LogP contribution in [0.25, 0.3) is 6.08 Å². The summed E-state index contributed by atoms with van der Waals surface area (Å²) in [6.07, 6.45) is 1.81. The third kappa shape index (κ3) is 4.79. The van der Waals surface area contributed by atoms with Crippen LogP contribution in [0.5, 0.6) is 11.5 Å². The molecule has 0 saturated heterocycles. The van der Waals surface area contributed by atoms with E-state index in [-0.39, 0.29) is 12.2 Å². The molecule has 0 saturated carbocycles. The van der Waals surface area contributed by atoms with Crippen LogP contribution in [-0.4, -0.2) is 31.4 Å². The van der Waals surface area contributed by atoms with Gasteiger partial charge < -0.3 is 14.2 Å². The summed E-state index contributed by atoms with van der Waals surface area (Å²) < 4.78 is 19.2. The molecule has 2 aromatic carbocycles. The predicted molar refractivity (Wildman–Crippen MR) is 144 cm³/mol. The van der Waals surface area contributed by atoms with E-state index in [0.717, 1.165) is 20.3 Å². The standard InChI is InChI=1S/C26H25IN2O5S/c1-6-34-25(31)21-15(3)28-26-29(22(21)17-9-7-14(2)8-10-17)24(30)20(35-26)13-16-11-18(27)23(33-5)19(12-16)32-4/h7-13,22H,6H2,1-5H3/b20-13-. The number of benzene rings is 2. The van der Waals surface area contributed by atoms with E-state index in [4.69, 9.17) is 14.2 Å². The summed E-state index contributed by atoms with van der Waals surface area (Å²) in [4.78, 5) is 31.8. The van der Waals surface area contributed by atoms with Crippen molar-refractivity contribution in [1.82, 2.24) is 4.57 Å². The number of carbonyl (C=O) groups is 1. The Morgan fingerprint density at radius 1 is 1.17 bits per heavy atom. The molecular formula is C26H25IN2O5S. The number of hydrogen-bond donors (Lipinski definition) is 0. The molecule has 0 radical (unpaired) electrons. The van der Waals surface area contributed by atoms with Gasteiger partial charge in [0.15, 0.2) is 16.3 Å². The average Bonchev–Trinajstić information content (AvgIpc) is 3.12. The van der Waals surface area contributed by atoms with E-state index in [1.807, 2.05) is 49.4 Å². The van der Waals surface area contributed by atoms with Gasteiger partial charge in [0.2, 0.25) is 0 Å². The van der Waals surface area contributed by atoms with E-state index in [2.05, 4.69) is 27.6 Å². The molecule has 182 valence electrons. The van der Waals surface area contributed by atoms with Gasteiger partial charge in [-0.2, -0.15) is 0 Å². The highest BCUT2D eigenvalue weighted by molar-refractivity contribution is 14.1. The Labute approximate surface area is 220 Å². The monoisotopic (exact) mass is 604 g/mol. The van der Waals surface area contributed by atoms with Gasteiger partial charge in [-0.3, -0.25) is 9.36 Å². The molecule has 0 aliphatic carbocycles. The number of methoxy groups -OCH3 is 2. The number of esters is 1. The zero-order chi connectivity index (χ0) is 25.3. The number of rotatable bonds is 6. The summed E-state index contributed by atoms with van der Waals surface area (Å²) in [7, 11) is 3.17. The van der Waals surface area contributed by atoms with Crippen molar-refractivity contribution in [3.8, 4) is 11.5 Å². The first-order chi connectivity index (χ1) is 16.8. The van der Waals surface area contributed by atoms with Gasteiger partial charge in [-0.1, -0.05) is 41.2 Å². The van der Waals surface area contributed by atoms with Crippen molar-refractivity contribution in [2.45, 2.75) is 26.8 Å². The summed E-state index contributed by atoms with van der Waals surface area (Å²) in [6.45, 7) is 5.77. The normalized spacial score (nSPS) is 15.5. The summed E-state index contributed by atoms with van der Waals surface area (Å²) in [5, 5.41) is 0. The Morgan fingerprint density at radius 2 is 1.89 bits per heavy atom. The van der Waals surface area contributed by atoms with Crippen molar-refractivity contribution in [3.05, 3.63) is 87.6 Å². The molecule has 0 fully saturated rings. The van der Waals surface area contributed by atoms with Crippen molar-refractivity contribution in [2.75, 3.05) is 20.8 Å². The number of nitrogens with zero attached hydrogens (tertiary/aromatic N) is 2. The molecular weight excluding hydrogens is 579 g/mol. The topological polar surface area (TPSA) is 79.1 Å². The van der Waals surface area contributed by atoms with Crippen molar-refractivity contribution < 1.29 is 19.0 Å². The Kier molecular flexibility index (Phi) is 7.46. The van der Waals surface area contributed by atoms with Crippen LogP contribution in [0, 0.1) is 10.5 Å². The summed E-state index contributed by atoms with van der Waals surface area (Å²) in [5.74, 6) is 0.750. The highest BCUT2D eigenvalue weighted by atomic mass is 127. The van der Waals surface area contributed by atoms with Gasteiger partial charge in [0.1, 0.15) is 0 Å². The number of carbonyl (C=O) groups excluding carboxylic acids is 1. The number of allylic oxidation sites excluding steroid dienone is 1. The van der Waals surface area contributed by atoms with E-state index in [0.29, 0.717) is 32.1 Å². The lowest BCUT2D eigenvalue weighted by Crippen LogP contribution is -2.39. The number of halogens is 1. The number of ether oxygens (including phenoxy) is 3. The smallest absolute Gasteiger partial charge is 0.338 e. The highest BCUT2D eigenvalue weighted by Crippen LogP contribution is 2.34. The minimum Gasteiger partial charge on any atom is -0.493 e. The number of thiazole rings is 1. The second-order valence-corrected chi connectivity index (χ2v) is 10.1. The summed E-state index contributed by atoms with van der Waals surface area (Å²) in [6, 6.07) is 10.9. The second kappa shape index (κ2) is 10.4. The fraction of sp³-hybridized carbons (Fsp3) is 0.269. The van der Waals surface area contributed by atoms with Crippen molar-refractivity contribution in [3.63, 3.8) is 0 Å². The molecule has 0 amide bonds. The number of aryl methyl sites for hydroxylation is 1. The minimum absolute atomic E-state index is 0.224. The minimum atomic E-state index is -0.626. The highest BCUT2D eigenvalue weighted by Gasteiger charge is 2.33. The lowest BCUT2D eigenvalue weighted by Gasteiger charge is -2.24. The van der Waals surface area contributed by atoms with Gasteiger partial charge in [0.25, 0.3) is 5.56 Å². The molecule has 0 N–H and O–H groups in total. The maximum Gasteiger partial charge on any atom is 0.338 e. The van der Waals surface area contributed by atoms with Gasteiger partial charge in [-0.25, -0.2) is 9.79 Å². The van der Waals surface area contributed by atoms with E-state index in [9.17, 15) is 9.59 Å². The van der Waals surface area contributed by atoms with Crippen LogP contribution in [-0.2, 0) is 9.53 Å². The van der Waals surface area contributed by atoms with Gasteiger partial charge in [0.05, 0.1) is 46.2 Å². The van der Waals surface area contributed by atoms with Crippen LogP contribution in [0.2, 0.25) is 0 Å². The van der Waals surface area contributed by atoms with Crippen molar-refractivity contribution >= 4 is 46.0 Å². The fourth-order valence-electron chi connectivity index (χ4n) is 4.03. The van der Waals surface area contributed by atoms with Crippen LogP contribution in [0.15, 0.2) is 57.5 Å². The van der Waals surface area contributed by atoms with Crippen LogP contribution in [0.1, 0.15) is 36.6 Å². The molecule has 35 heavy (non-hydrogen) atoms. The second-order valence-electron chi connectivity index (χ2n) is 7.95. The first-order valence-electron chi connectivity index (χ1n) is 11.0. The molecule has 1 aromatic heterocycles. The van der Waals surface area contributed by atoms with Gasteiger partial charge in [0, 0.05) is 0 Å². The Morgan fingerprint density at radius 3 is 2.51 bits per heavy atom. The molecule has 0 spiro atoms. The first kappa shape index (κ1) is 25.2. The van der Waals surface area contributed by atoms with Crippen molar-refractivity contribution in [1.29, 1.82) is 0 Å². The van der Waals surface area contributed by atoms with E-state index in [1.165, 1.54) is 11.3 Å². The lowest BCUT2D eigenvalue weighted by atomic mass is 9.95. The molecule has 0 bridgehead atoms. The molecule has 1 aliphatic heterocycles. The molecule has 1 aliphatic rings. The number of aromatic nitrogens is 1. The van der Waals surface area contributed by atoms with E-state index in [1.54, 1.807) is 32.6 Å². The molecule has 2 heterocycles. The van der Waals surface area contributed by atoms with Gasteiger partial charge >= 0.3 is 5.97 Å². The zero-order valence-corrected chi connectivity index (χ0v) is 23.0. The third-order valence-corrected chi connectivity index (χ3v) is 7.45. The molecule has 4 rings (SSSR count). The molecule has 1 unspecified atom stereocenters. The Bertz CT molecular complexity index is 1500. The predicted octanol–water partition coefficient (Wildman–Crippen LogP) is 3.73. The van der Waals surface area contributed by atoms with Crippen LogP contribution >= 0.6 is 33.9 Å². The Balaban J connectivity index is 1.94. The maximum atomic E-state index is 13.7.